The average Bonchev–Trinajstić information content (AvgIpc) is 2.63. The number of aromatic nitrogens is 1. The number of hydrogen-bond acceptors (Lipinski definition) is 5. The molecule has 2 heterocycles. The quantitative estimate of drug-likeness (QED) is 0.869. The average molecular weight is 362 g/mol. The molecule has 0 unspecified atom stereocenters. The highest BCUT2D eigenvalue weighted by atomic mass is 35.5. The SMILES string of the molecule is O=C(Nc1cnc(N2CCOCC2)c(C(=O)O)c1)c1ccc(Cl)cc1. The smallest absolute Gasteiger partial charge is 0.339 e. The number of benzene rings is 1. The summed E-state index contributed by atoms with van der Waals surface area (Å²) < 4.78 is 5.27. The molecule has 0 spiro atoms. The Morgan fingerprint density at radius 2 is 1.88 bits per heavy atom. The highest BCUT2D eigenvalue weighted by molar-refractivity contribution is 6.30. The predicted octanol–water partition coefficient (Wildman–Crippen LogP) is 2.52. The second kappa shape index (κ2) is 7.50. The number of morpholine rings is 1. The fourth-order valence-corrected chi connectivity index (χ4v) is 2.64. The lowest BCUT2D eigenvalue weighted by molar-refractivity contribution is 0.0695. The molecule has 1 fully saturated rings. The number of halogens is 1. The molecule has 7 nitrogen and oxygen atoms in total. The summed E-state index contributed by atoms with van der Waals surface area (Å²) in [5, 5.41) is 12.7. The van der Waals surface area contributed by atoms with Crippen LogP contribution in [0.5, 0.6) is 0 Å². The summed E-state index contributed by atoms with van der Waals surface area (Å²) >= 11 is 5.80. The molecule has 0 radical (unpaired) electrons. The molecule has 2 aromatic rings. The summed E-state index contributed by atoms with van der Waals surface area (Å²) in [6, 6.07) is 7.81. The number of rotatable bonds is 4. The molecule has 1 amide bonds. The van der Waals surface area contributed by atoms with Crippen molar-refractivity contribution >= 4 is 35.0 Å². The number of carboxylic acids is 1. The standard InChI is InChI=1S/C17H16ClN3O4/c18-12-3-1-11(2-4-12)16(22)20-13-9-14(17(23)24)15(19-10-13)21-5-7-25-8-6-21/h1-4,9-10H,5-8H2,(H,20,22)(H,23,24). The third-order valence-corrected chi connectivity index (χ3v) is 4.02. The van der Waals surface area contributed by atoms with Crippen LogP contribution in [0.15, 0.2) is 36.5 Å². The number of amides is 1. The van der Waals surface area contributed by atoms with Crippen LogP contribution in [-0.4, -0.2) is 48.3 Å². The molecule has 2 N–H and O–H groups in total. The number of hydrogen-bond donors (Lipinski definition) is 2. The summed E-state index contributed by atoms with van der Waals surface area (Å²) in [5.74, 6) is -1.09. The number of nitrogens with zero attached hydrogens (tertiary/aromatic N) is 2. The molecule has 1 saturated heterocycles. The Kier molecular flexibility index (Phi) is 5.16. The Balaban J connectivity index is 1.82. The van der Waals surface area contributed by atoms with Gasteiger partial charge in [-0.25, -0.2) is 9.78 Å². The number of anilines is 2. The van der Waals surface area contributed by atoms with E-state index < -0.39 is 5.97 Å². The lowest BCUT2D eigenvalue weighted by Gasteiger charge is -2.28. The van der Waals surface area contributed by atoms with E-state index in [1.165, 1.54) is 12.3 Å². The third kappa shape index (κ3) is 4.07. The molecule has 8 heteroatoms. The molecular weight excluding hydrogens is 346 g/mol. The van der Waals surface area contributed by atoms with Gasteiger partial charge in [-0.05, 0) is 30.3 Å². The maximum atomic E-state index is 12.2. The Bertz CT molecular complexity index is 789. The number of carbonyl (C=O) groups is 2. The van der Waals surface area contributed by atoms with E-state index in [2.05, 4.69) is 10.3 Å². The number of carbonyl (C=O) groups excluding carboxylic acids is 1. The van der Waals surface area contributed by atoms with Gasteiger partial charge in [-0.15, -0.1) is 0 Å². The van der Waals surface area contributed by atoms with Crippen molar-refractivity contribution in [2.75, 3.05) is 36.5 Å². The van der Waals surface area contributed by atoms with Gasteiger partial charge in [-0.1, -0.05) is 11.6 Å². The van der Waals surface area contributed by atoms with E-state index >= 15 is 0 Å². The van der Waals surface area contributed by atoms with Crippen LogP contribution in [0, 0.1) is 0 Å². The number of nitrogens with one attached hydrogen (secondary N) is 1. The molecular formula is C17H16ClN3O4. The molecule has 25 heavy (non-hydrogen) atoms. The van der Waals surface area contributed by atoms with Gasteiger partial charge in [0.1, 0.15) is 11.4 Å². The highest BCUT2D eigenvalue weighted by Gasteiger charge is 2.21. The summed E-state index contributed by atoms with van der Waals surface area (Å²) in [6.45, 7) is 2.19. The van der Waals surface area contributed by atoms with Crippen molar-refractivity contribution in [2.24, 2.45) is 0 Å². The summed E-state index contributed by atoms with van der Waals surface area (Å²) in [4.78, 5) is 29.9. The Labute approximate surface area is 149 Å². The van der Waals surface area contributed by atoms with Crippen LogP contribution in [-0.2, 0) is 4.74 Å². The van der Waals surface area contributed by atoms with E-state index in [1.54, 1.807) is 24.3 Å². The van der Waals surface area contributed by atoms with Crippen LogP contribution in [0.3, 0.4) is 0 Å². The van der Waals surface area contributed by atoms with Gasteiger partial charge < -0.3 is 20.1 Å². The largest absolute Gasteiger partial charge is 0.478 e. The minimum absolute atomic E-state index is 0.0378. The molecule has 0 saturated carbocycles. The zero-order chi connectivity index (χ0) is 17.8. The minimum Gasteiger partial charge on any atom is -0.478 e. The van der Waals surface area contributed by atoms with E-state index in [0.717, 1.165) is 0 Å². The molecule has 1 aliphatic heterocycles. The van der Waals surface area contributed by atoms with Crippen molar-refractivity contribution in [3.05, 3.63) is 52.7 Å². The first-order valence-corrected chi connectivity index (χ1v) is 8.05. The van der Waals surface area contributed by atoms with Crippen LogP contribution in [0.2, 0.25) is 5.02 Å². The van der Waals surface area contributed by atoms with Crippen molar-refractivity contribution in [1.82, 2.24) is 4.98 Å². The lowest BCUT2D eigenvalue weighted by Crippen LogP contribution is -2.37. The van der Waals surface area contributed by atoms with Crippen molar-refractivity contribution < 1.29 is 19.4 Å². The Hall–Kier alpha value is -2.64. The van der Waals surface area contributed by atoms with Crippen LogP contribution < -0.4 is 10.2 Å². The second-order valence-corrected chi connectivity index (χ2v) is 5.90. The maximum absolute atomic E-state index is 12.2. The van der Waals surface area contributed by atoms with Gasteiger partial charge in [0, 0.05) is 23.7 Å². The molecule has 1 aromatic heterocycles. The molecule has 1 aromatic carbocycles. The van der Waals surface area contributed by atoms with Crippen molar-refractivity contribution in [2.45, 2.75) is 0 Å². The molecule has 0 bridgehead atoms. The van der Waals surface area contributed by atoms with Gasteiger partial charge in [0.15, 0.2) is 0 Å². The topological polar surface area (TPSA) is 91.8 Å². The van der Waals surface area contributed by atoms with E-state index in [1.807, 2.05) is 4.90 Å². The first-order valence-electron chi connectivity index (χ1n) is 7.67. The number of pyridine rings is 1. The first kappa shape index (κ1) is 17.2. The van der Waals surface area contributed by atoms with Gasteiger partial charge in [0.25, 0.3) is 5.91 Å². The second-order valence-electron chi connectivity index (χ2n) is 5.46. The molecule has 0 atom stereocenters. The summed E-state index contributed by atoms with van der Waals surface area (Å²) in [7, 11) is 0. The van der Waals surface area contributed by atoms with Gasteiger partial charge in [-0.2, -0.15) is 0 Å². The van der Waals surface area contributed by atoms with E-state index in [0.29, 0.717) is 48.4 Å². The zero-order valence-electron chi connectivity index (χ0n) is 13.2. The molecule has 0 aliphatic carbocycles. The minimum atomic E-state index is -1.10. The summed E-state index contributed by atoms with van der Waals surface area (Å²) in [6.07, 6.45) is 1.45. The van der Waals surface area contributed by atoms with E-state index in [9.17, 15) is 14.7 Å². The molecule has 1 aliphatic rings. The molecule has 130 valence electrons. The van der Waals surface area contributed by atoms with Gasteiger partial charge in [0.05, 0.1) is 25.1 Å². The number of carboxylic acid groups (broad SMARTS) is 1. The first-order chi connectivity index (χ1) is 12.0. The predicted molar refractivity (Wildman–Crippen MR) is 93.6 cm³/mol. The summed E-state index contributed by atoms with van der Waals surface area (Å²) in [5.41, 5.74) is 0.767. The van der Waals surface area contributed by atoms with Gasteiger partial charge in [-0.3, -0.25) is 4.79 Å². The van der Waals surface area contributed by atoms with Crippen LogP contribution >= 0.6 is 11.6 Å². The Morgan fingerprint density at radius 1 is 1.20 bits per heavy atom. The van der Waals surface area contributed by atoms with E-state index in [-0.39, 0.29) is 11.5 Å². The van der Waals surface area contributed by atoms with E-state index in [4.69, 9.17) is 16.3 Å². The number of aromatic carboxylic acids is 1. The highest BCUT2D eigenvalue weighted by Crippen LogP contribution is 2.23. The van der Waals surface area contributed by atoms with Gasteiger partial charge in [0.2, 0.25) is 0 Å². The van der Waals surface area contributed by atoms with Crippen LogP contribution in [0.4, 0.5) is 11.5 Å². The monoisotopic (exact) mass is 361 g/mol. The van der Waals surface area contributed by atoms with Crippen LogP contribution in [0.1, 0.15) is 20.7 Å². The molecule has 3 rings (SSSR count). The maximum Gasteiger partial charge on any atom is 0.339 e. The van der Waals surface area contributed by atoms with Gasteiger partial charge >= 0.3 is 5.97 Å². The van der Waals surface area contributed by atoms with Crippen molar-refractivity contribution in [3.63, 3.8) is 0 Å². The zero-order valence-corrected chi connectivity index (χ0v) is 14.0. The number of ether oxygens (including phenoxy) is 1. The van der Waals surface area contributed by atoms with Crippen molar-refractivity contribution in [1.29, 1.82) is 0 Å². The third-order valence-electron chi connectivity index (χ3n) is 3.77. The fourth-order valence-electron chi connectivity index (χ4n) is 2.51. The fraction of sp³-hybridized carbons (Fsp3) is 0.235. The normalized spacial score (nSPS) is 14.2. The Morgan fingerprint density at radius 3 is 2.52 bits per heavy atom. The van der Waals surface area contributed by atoms with Crippen LogP contribution in [0.25, 0.3) is 0 Å². The lowest BCUT2D eigenvalue weighted by atomic mass is 10.2. The van der Waals surface area contributed by atoms with Crippen molar-refractivity contribution in [3.8, 4) is 0 Å².